The summed E-state index contributed by atoms with van der Waals surface area (Å²) in [5.41, 5.74) is -0.0304. The molecule has 90 valence electrons. The summed E-state index contributed by atoms with van der Waals surface area (Å²) in [6.07, 6.45) is 9.50. The van der Waals surface area contributed by atoms with Crippen molar-refractivity contribution < 1.29 is 4.43 Å². The molecule has 0 aliphatic carbocycles. The Kier molecular flexibility index (Phi) is 8.07. The lowest BCUT2D eigenvalue weighted by atomic mass is 9.81. The van der Waals surface area contributed by atoms with Crippen LogP contribution in [0.25, 0.3) is 0 Å². The monoisotopic (exact) mass is 228 g/mol. The van der Waals surface area contributed by atoms with Gasteiger partial charge in [-0.3, -0.25) is 0 Å². The lowest BCUT2D eigenvalue weighted by Crippen LogP contribution is -2.37. The Morgan fingerprint density at radius 2 is 1.93 bits per heavy atom. The first kappa shape index (κ1) is 14.9. The third-order valence-electron chi connectivity index (χ3n) is 3.47. The Morgan fingerprint density at radius 3 is 2.33 bits per heavy atom. The van der Waals surface area contributed by atoms with Crippen molar-refractivity contribution in [3.63, 3.8) is 0 Å². The summed E-state index contributed by atoms with van der Waals surface area (Å²) in [6, 6.07) is 0. The van der Waals surface area contributed by atoms with Gasteiger partial charge in [-0.2, -0.15) is 0 Å². The molecule has 0 amide bonds. The van der Waals surface area contributed by atoms with Gasteiger partial charge in [-0.15, -0.1) is 6.58 Å². The van der Waals surface area contributed by atoms with Gasteiger partial charge < -0.3 is 4.43 Å². The lowest BCUT2D eigenvalue weighted by molar-refractivity contribution is 0.0561. The predicted molar refractivity (Wildman–Crippen MR) is 72.2 cm³/mol. The van der Waals surface area contributed by atoms with Gasteiger partial charge in [-0.25, -0.2) is 0 Å². The van der Waals surface area contributed by atoms with Gasteiger partial charge in [-0.05, 0) is 18.8 Å². The predicted octanol–water partition coefficient (Wildman–Crippen LogP) is 3.22. The van der Waals surface area contributed by atoms with Crippen molar-refractivity contribution in [1.29, 1.82) is 0 Å². The summed E-state index contributed by atoms with van der Waals surface area (Å²) in [4.78, 5) is 0. The fourth-order valence-corrected chi connectivity index (χ4v) is 2.92. The van der Waals surface area contributed by atoms with Crippen LogP contribution in [-0.2, 0) is 4.43 Å². The van der Waals surface area contributed by atoms with Gasteiger partial charge in [0.2, 0.25) is 0 Å². The van der Waals surface area contributed by atoms with E-state index in [4.69, 9.17) is 4.43 Å². The van der Waals surface area contributed by atoms with E-state index in [1.165, 1.54) is 32.1 Å². The molecule has 0 N–H and O–H groups in total. The highest BCUT2D eigenvalue weighted by Crippen LogP contribution is 2.32. The molecule has 0 heterocycles. The molecule has 15 heavy (non-hydrogen) atoms. The van der Waals surface area contributed by atoms with Crippen molar-refractivity contribution in [3.8, 4) is 0 Å². The molecular weight excluding hydrogens is 200 g/mol. The molecule has 2 heteroatoms. The zero-order valence-corrected chi connectivity index (χ0v) is 13.0. The fraction of sp³-hybridized carbons (Fsp3) is 0.846. The van der Waals surface area contributed by atoms with Crippen molar-refractivity contribution in [3.05, 3.63) is 12.7 Å². The average Bonchev–Trinajstić information content (AvgIpc) is 2.28. The third kappa shape index (κ3) is 4.52. The summed E-state index contributed by atoms with van der Waals surface area (Å²) >= 11 is 0. The van der Waals surface area contributed by atoms with Crippen LogP contribution in [0.15, 0.2) is 12.7 Å². The zero-order valence-electron chi connectivity index (χ0n) is 11.0. The number of hydrogen-bond acceptors (Lipinski definition) is 1. The van der Waals surface area contributed by atoms with E-state index in [-0.39, 0.29) is 5.60 Å². The van der Waals surface area contributed by atoms with E-state index in [1.54, 1.807) is 0 Å². The van der Waals surface area contributed by atoms with Crippen LogP contribution in [0.4, 0.5) is 0 Å². The highest BCUT2D eigenvalue weighted by Gasteiger charge is 2.31. The summed E-state index contributed by atoms with van der Waals surface area (Å²) in [6.45, 7) is 10.8. The lowest BCUT2D eigenvalue weighted by Gasteiger charge is -2.36. The van der Waals surface area contributed by atoms with Crippen LogP contribution in [-0.4, -0.2) is 16.1 Å². The minimum atomic E-state index is -0.0304. The second-order valence-corrected chi connectivity index (χ2v) is 4.92. The Hall–Kier alpha value is -0.0831. The first-order valence-corrected chi connectivity index (χ1v) is 7.17. The van der Waals surface area contributed by atoms with Crippen molar-refractivity contribution in [1.82, 2.24) is 0 Å². The van der Waals surface area contributed by atoms with Crippen LogP contribution in [0.1, 0.15) is 59.3 Å². The quantitative estimate of drug-likeness (QED) is 0.435. The molecule has 1 nitrogen and oxygen atoms in total. The summed E-state index contributed by atoms with van der Waals surface area (Å²) in [5.74, 6) is 0.610. The molecule has 0 rings (SSSR count). The van der Waals surface area contributed by atoms with Gasteiger partial charge in [0, 0.05) is 0 Å². The Balaban J connectivity index is 4.37. The highest BCUT2D eigenvalue weighted by molar-refractivity contribution is 5.98. The SMILES string of the molecule is C=CC(CCCC)(O[SiH3])C(C)CCCC. The fourth-order valence-electron chi connectivity index (χ4n) is 2.14. The molecule has 0 aromatic rings. The molecule has 2 unspecified atom stereocenters. The minimum Gasteiger partial charge on any atom is -0.419 e. The van der Waals surface area contributed by atoms with E-state index in [0.717, 1.165) is 16.9 Å². The molecule has 0 radical (unpaired) electrons. The molecule has 0 spiro atoms. The van der Waals surface area contributed by atoms with E-state index < -0.39 is 0 Å². The van der Waals surface area contributed by atoms with Crippen LogP contribution >= 0.6 is 0 Å². The largest absolute Gasteiger partial charge is 0.419 e. The maximum absolute atomic E-state index is 5.87. The highest BCUT2D eigenvalue weighted by atomic mass is 28.2. The maximum Gasteiger partial charge on any atom is 0.147 e. The molecular formula is C13H28OSi. The Bertz CT molecular complexity index is 170. The zero-order chi connectivity index (χ0) is 11.7. The van der Waals surface area contributed by atoms with Crippen molar-refractivity contribution in [2.24, 2.45) is 5.92 Å². The Labute approximate surface area is 98.8 Å². The van der Waals surface area contributed by atoms with E-state index in [9.17, 15) is 0 Å². The second kappa shape index (κ2) is 8.11. The number of unbranched alkanes of at least 4 members (excludes halogenated alkanes) is 2. The van der Waals surface area contributed by atoms with Crippen LogP contribution < -0.4 is 0 Å². The van der Waals surface area contributed by atoms with Crippen molar-refractivity contribution in [2.45, 2.75) is 64.9 Å². The molecule has 0 bridgehead atoms. The van der Waals surface area contributed by atoms with Crippen molar-refractivity contribution in [2.75, 3.05) is 0 Å². The minimum absolute atomic E-state index is 0.0304. The van der Waals surface area contributed by atoms with Gasteiger partial charge in [0.15, 0.2) is 0 Å². The second-order valence-electron chi connectivity index (χ2n) is 4.51. The molecule has 0 saturated carbocycles. The topological polar surface area (TPSA) is 9.23 Å². The normalized spacial score (nSPS) is 17.3. The summed E-state index contributed by atoms with van der Waals surface area (Å²) in [7, 11) is 0.808. The molecule has 2 atom stereocenters. The average molecular weight is 228 g/mol. The number of rotatable bonds is 9. The third-order valence-corrected chi connectivity index (χ3v) is 4.23. The van der Waals surface area contributed by atoms with E-state index in [2.05, 4.69) is 33.4 Å². The molecule has 0 aromatic carbocycles. The molecule has 0 fully saturated rings. The molecule has 0 saturated heterocycles. The van der Waals surface area contributed by atoms with Crippen LogP contribution in [0.3, 0.4) is 0 Å². The first-order valence-electron chi connectivity index (χ1n) is 6.35. The Morgan fingerprint density at radius 1 is 1.33 bits per heavy atom. The van der Waals surface area contributed by atoms with Crippen LogP contribution in [0, 0.1) is 5.92 Å². The summed E-state index contributed by atoms with van der Waals surface area (Å²) < 4.78 is 5.87. The smallest absolute Gasteiger partial charge is 0.147 e. The van der Waals surface area contributed by atoms with Gasteiger partial charge >= 0.3 is 0 Å². The standard InChI is InChI=1S/C13H28OSi/c1-5-8-10-12(4)13(7-3,14-15)11-9-6-2/h7,12H,3,5-6,8-11H2,1-2,4,15H3. The van der Waals surface area contributed by atoms with Gasteiger partial charge in [0.25, 0.3) is 0 Å². The number of hydrogen-bond donors (Lipinski definition) is 0. The summed E-state index contributed by atoms with van der Waals surface area (Å²) in [5, 5.41) is 0. The molecule has 0 aromatic heterocycles. The van der Waals surface area contributed by atoms with Crippen LogP contribution in [0.2, 0.25) is 0 Å². The van der Waals surface area contributed by atoms with Crippen LogP contribution in [0.5, 0.6) is 0 Å². The van der Waals surface area contributed by atoms with Crippen molar-refractivity contribution >= 4 is 10.5 Å². The van der Waals surface area contributed by atoms with E-state index in [1.807, 2.05) is 0 Å². The molecule has 0 aliphatic heterocycles. The van der Waals surface area contributed by atoms with Gasteiger partial charge in [0.1, 0.15) is 10.5 Å². The maximum atomic E-state index is 5.87. The van der Waals surface area contributed by atoms with E-state index >= 15 is 0 Å². The molecule has 0 aliphatic rings. The van der Waals surface area contributed by atoms with Gasteiger partial charge in [-0.1, -0.05) is 52.5 Å². The van der Waals surface area contributed by atoms with E-state index in [0.29, 0.717) is 5.92 Å². The first-order chi connectivity index (χ1) is 7.16. The van der Waals surface area contributed by atoms with Gasteiger partial charge in [0.05, 0.1) is 5.60 Å².